The molecule has 5 heteroatoms. The Bertz CT molecular complexity index is 468. The van der Waals surface area contributed by atoms with Gasteiger partial charge in [0.2, 0.25) is 5.91 Å². The molecule has 0 heterocycles. The lowest BCUT2D eigenvalue weighted by Gasteiger charge is -2.26. The summed E-state index contributed by atoms with van der Waals surface area (Å²) in [5, 5.41) is 12.1. The molecule has 1 aromatic rings. The van der Waals surface area contributed by atoms with E-state index >= 15 is 0 Å². The number of carbonyl (C=O) groups excluding carboxylic acids is 1. The molecule has 0 spiro atoms. The minimum absolute atomic E-state index is 0.316. The zero-order valence-electron chi connectivity index (χ0n) is 11.2. The van der Waals surface area contributed by atoms with Crippen molar-refractivity contribution in [3.8, 4) is 0 Å². The summed E-state index contributed by atoms with van der Waals surface area (Å²) in [6, 6.07) is 6.09. The van der Waals surface area contributed by atoms with E-state index in [0.29, 0.717) is 11.4 Å². The first-order valence-electron chi connectivity index (χ1n) is 6.08. The van der Waals surface area contributed by atoms with Crippen LogP contribution in [0, 0.1) is 0 Å². The van der Waals surface area contributed by atoms with Crippen molar-refractivity contribution in [2.45, 2.75) is 38.6 Å². The minimum atomic E-state index is -1.03. The Morgan fingerprint density at radius 2 is 1.84 bits per heavy atom. The molecule has 4 nitrogen and oxygen atoms in total. The number of carbonyl (C=O) groups is 2. The SMILES string of the molecule is CCC(NC(=O)C(C)(C)c1ccc(Cl)cc1)C(=O)O. The summed E-state index contributed by atoms with van der Waals surface area (Å²) >= 11 is 5.81. The molecule has 0 saturated carbocycles. The third-order valence-electron chi connectivity index (χ3n) is 3.15. The molecule has 2 N–H and O–H groups in total. The molecule has 1 atom stereocenters. The molecular weight excluding hydrogens is 266 g/mol. The van der Waals surface area contributed by atoms with Gasteiger partial charge in [-0.2, -0.15) is 0 Å². The van der Waals surface area contributed by atoms with E-state index in [0.717, 1.165) is 5.56 Å². The fourth-order valence-corrected chi connectivity index (χ4v) is 1.80. The van der Waals surface area contributed by atoms with Crippen LogP contribution in [0.5, 0.6) is 0 Å². The molecule has 1 rings (SSSR count). The second-order valence-corrected chi connectivity index (χ2v) is 5.34. The lowest BCUT2D eigenvalue weighted by atomic mass is 9.83. The van der Waals surface area contributed by atoms with Gasteiger partial charge in [0, 0.05) is 5.02 Å². The number of rotatable bonds is 5. The van der Waals surface area contributed by atoms with Crippen molar-refractivity contribution in [3.63, 3.8) is 0 Å². The van der Waals surface area contributed by atoms with E-state index in [1.165, 1.54) is 0 Å². The van der Waals surface area contributed by atoms with Crippen molar-refractivity contribution in [1.29, 1.82) is 0 Å². The van der Waals surface area contributed by atoms with Crippen LogP contribution in [0.15, 0.2) is 24.3 Å². The maximum Gasteiger partial charge on any atom is 0.326 e. The van der Waals surface area contributed by atoms with E-state index in [9.17, 15) is 9.59 Å². The number of benzene rings is 1. The number of hydrogen-bond donors (Lipinski definition) is 2. The Labute approximate surface area is 117 Å². The summed E-state index contributed by atoms with van der Waals surface area (Å²) in [5.74, 6) is -1.34. The summed E-state index contributed by atoms with van der Waals surface area (Å²) < 4.78 is 0. The molecule has 0 bridgehead atoms. The molecule has 1 aromatic carbocycles. The lowest BCUT2D eigenvalue weighted by molar-refractivity contribution is -0.142. The standard InChI is InChI=1S/C14H18ClNO3/c1-4-11(12(17)18)16-13(19)14(2,3)9-5-7-10(15)8-6-9/h5-8,11H,4H2,1-3H3,(H,16,19)(H,17,18). The number of carboxylic acids is 1. The summed E-state index contributed by atoms with van der Waals surface area (Å²) in [5.41, 5.74) is -0.0253. The lowest BCUT2D eigenvalue weighted by Crippen LogP contribution is -2.48. The molecule has 19 heavy (non-hydrogen) atoms. The predicted octanol–water partition coefficient (Wildman–Crippen LogP) is 2.60. The van der Waals surface area contributed by atoms with Crippen LogP contribution in [0.2, 0.25) is 5.02 Å². The molecule has 0 aliphatic carbocycles. The maximum absolute atomic E-state index is 12.2. The fraction of sp³-hybridized carbons (Fsp3) is 0.429. The fourth-order valence-electron chi connectivity index (χ4n) is 1.67. The number of halogens is 1. The molecular formula is C14H18ClNO3. The van der Waals surface area contributed by atoms with E-state index in [4.69, 9.17) is 16.7 Å². The van der Waals surface area contributed by atoms with Gasteiger partial charge in [0.1, 0.15) is 6.04 Å². The molecule has 1 unspecified atom stereocenters. The van der Waals surface area contributed by atoms with Crippen molar-refractivity contribution in [2.24, 2.45) is 0 Å². The van der Waals surface area contributed by atoms with E-state index in [-0.39, 0.29) is 5.91 Å². The first kappa shape index (κ1) is 15.5. The van der Waals surface area contributed by atoms with Crippen LogP contribution in [-0.2, 0) is 15.0 Å². The highest BCUT2D eigenvalue weighted by molar-refractivity contribution is 6.30. The molecule has 1 amide bonds. The van der Waals surface area contributed by atoms with Gasteiger partial charge in [0.15, 0.2) is 0 Å². The van der Waals surface area contributed by atoms with Gasteiger partial charge in [-0.15, -0.1) is 0 Å². The highest BCUT2D eigenvalue weighted by atomic mass is 35.5. The van der Waals surface area contributed by atoms with Gasteiger partial charge in [0.05, 0.1) is 5.41 Å². The van der Waals surface area contributed by atoms with Crippen LogP contribution in [0.1, 0.15) is 32.8 Å². The van der Waals surface area contributed by atoms with Gasteiger partial charge >= 0.3 is 5.97 Å². The highest BCUT2D eigenvalue weighted by Crippen LogP contribution is 2.25. The normalized spacial score (nSPS) is 12.8. The maximum atomic E-state index is 12.2. The van der Waals surface area contributed by atoms with Crippen molar-refractivity contribution in [2.75, 3.05) is 0 Å². The van der Waals surface area contributed by atoms with Crippen molar-refractivity contribution < 1.29 is 14.7 Å². The molecule has 0 aliphatic rings. The average molecular weight is 284 g/mol. The molecule has 0 fully saturated rings. The summed E-state index contributed by atoms with van der Waals surface area (Å²) in [7, 11) is 0. The number of hydrogen-bond acceptors (Lipinski definition) is 2. The average Bonchev–Trinajstić information content (AvgIpc) is 2.35. The number of aliphatic carboxylic acids is 1. The smallest absolute Gasteiger partial charge is 0.326 e. The number of amides is 1. The first-order chi connectivity index (χ1) is 8.78. The summed E-state index contributed by atoms with van der Waals surface area (Å²) in [6.07, 6.45) is 0.345. The predicted molar refractivity (Wildman–Crippen MR) is 74.3 cm³/mol. The van der Waals surface area contributed by atoms with Crippen molar-refractivity contribution >= 4 is 23.5 Å². The van der Waals surface area contributed by atoms with E-state index in [1.807, 2.05) is 0 Å². The van der Waals surface area contributed by atoms with Gasteiger partial charge in [0.25, 0.3) is 0 Å². The highest BCUT2D eigenvalue weighted by Gasteiger charge is 2.32. The largest absolute Gasteiger partial charge is 0.480 e. The summed E-state index contributed by atoms with van der Waals surface area (Å²) in [6.45, 7) is 5.22. The topological polar surface area (TPSA) is 66.4 Å². The van der Waals surface area contributed by atoms with Gasteiger partial charge < -0.3 is 10.4 Å². The third-order valence-corrected chi connectivity index (χ3v) is 3.40. The van der Waals surface area contributed by atoms with Crippen LogP contribution in [-0.4, -0.2) is 23.0 Å². The van der Waals surface area contributed by atoms with Crippen LogP contribution < -0.4 is 5.32 Å². The third kappa shape index (κ3) is 3.70. The Kier molecular flexibility index (Phi) is 4.95. The molecule has 0 radical (unpaired) electrons. The van der Waals surface area contributed by atoms with Crippen molar-refractivity contribution in [3.05, 3.63) is 34.9 Å². The molecule has 0 saturated heterocycles. The Hall–Kier alpha value is -1.55. The molecule has 0 aromatic heterocycles. The zero-order valence-corrected chi connectivity index (χ0v) is 12.0. The van der Waals surface area contributed by atoms with Gasteiger partial charge in [-0.3, -0.25) is 4.79 Å². The van der Waals surface area contributed by atoms with Crippen LogP contribution in [0.4, 0.5) is 0 Å². The van der Waals surface area contributed by atoms with Crippen molar-refractivity contribution in [1.82, 2.24) is 5.32 Å². The minimum Gasteiger partial charge on any atom is -0.480 e. The van der Waals surface area contributed by atoms with E-state index in [1.54, 1.807) is 45.0 Å². The second kappa shape index (κ2) is 6.06. The van der Waals surface area contributed by atoms with Crippen LogP contribution in [0.3, 0.4) is 0 Å². The first-order valence-corrected chi connectivity index (χ1v) is 6.46. The monoisotopic (exact) mass is 283 g/mol. The van der Waals surface area contributed by atoms with Gasteiger partial charge in [-0.05, 0) is 38.0 Å². The summed E-state index contributed by atoms with van der Waals surface area (Å²) in [4.78, 5) is 23.2. The number of carboxylic acid groups (broad SMARTS) is 1. The van der Waals surface area contributed by atoms with Crippen LogP contribution in [0.25, 0.3) is 0 Å². The quantitative estimate of drug-likeness (QED) is 0.873. The van der Waals surface area contributed by atoms with Crippen LogP contribution >= 0.6 is 11.6 Å². The van der Waals surface area contributed by atoms with Gasteiger partial charge in [-0.1, -0.05) is 30.7 Å². The zero-order chi connectivity index (χ0) is 14.6. The second-order valence-electron chi connectivity index (χ2n) is 4.90. The number of nitrogens with one attached hydrogen (secondary N) is 1. The van der Waals surface area contributed by atoms with E-state index in [2.05, 4.69) is 5.32 Å². The van der Waals surface area contributed by atoms with E-state index < -0.39 is 17.4 Å². The Balaban J connectivity index is 2.90. The molecule has 0 aliphatic heterocycles. The Morgan fingerprint density at radius 3 is 2.26 bits per heavy atom. The molecule has 104 valence electrons. The van der Waals surface area contributed by atoms with Gasteiger partial charge in [-0.25, -0.2) is 4.79 Å². The Morgan fingerprint density at radius 1 is 1.32 bits per heavy atom.